The Balaban J connectivity index is 2.19. The lowest BCUT2D eigenvalue weighted by Gasteiger charge is -2.28. The Morgan fingerprint density at radius 2 is 1.00 bits per heavy atom. The van der Waals surface area contributed by atoms with Gasteiger partial charge in [0.1, 0.15) is 0 Å². The van der Waals surface area contributed by atoms with Gasteiger partial charge in [0.05, 0.1) is 0 Å². The van der Waals surface area contributed by atoms with Gasteiger partial charge >= 0.3 is 0 Å². The van der Waals surface area contributed by atoms with Gasteiger partial charge in [-0.05, 0) is 0 Å². The lowest BCUT2D eigenvalue weighted by atomic mass is 10.4. The third kappa shape index (κ3) is 1.46. The smallest absolute Gasteiger partial charge is 0.0439 e. The first-order valence-corrected chi connectivity index (χ1v) is 2.78. The zero-order valence-corrected chi connectivity index (χ0v) is 4.88. The zero-order valence-electron chi connectivity index (χ0n) is 4.88. The molecule has 0 saturated carbocycles. The van der Waals surface area contributed by atoms with Crippen LogP contribution in [0.4, 0.5) is 0 Å². The Morgan fingerprint density at radius 3 is 1.25 bits per heavy atom. The van der Waals surface area contributed by atoms with E-state index in [4.69, 9.17) is 14.1 Å². The molecule has 1 rings (SSSR count). The van der Waals surface area contributed by atoms with Gasteiger partial charge < -0.3 is 0 Å². The van der Waals surface area contributed by atoms with Crippen LogP contribution in [0.1, 0.15) is 0 Å². The molecule has 2 nitrogen and oxygen atoms in total. The van der Waals surface area contributed by atoms with E-state index in [1.165, 1.54) is 0 Å². The summed E-state index contributed by atoms with van der Waals surface area (Å²) in [7, 11) is 10.9. The highest BCUT2D eigenvalue weighted by molar-refractivity contribution is 4.69. The number of nitrogens with zero attached hydrogens (tertiary/aromatic N) is 2. The topological polar surface area (TPSA) is 6.48 Å². The fourth-order valence-electron chi connectivity index (χ4n) is 0.737. The van der Waals surface area contributed by atoms with Crippen molar-refractivity contribution in [1.82, 2.24) is 9.80 Å². The van der Waals surface area contributed by atoms with Gasteiger partial charge in [0.15, 0.2) is 0 Å². The van der Waals surface area contributed by atoms with Crippen molar-refractivity contribution >= 4 is 0 Å². The van der Waals surface area contributed by atoms with Crippen LogP contribution >= 0.6 is 0 Å². The Labute approximate surface area is 51.1 Å². The Bertz CT molecular complexity index is 54.9. The maximum Gasteiger partial charge on any atom is 0.0439 e. The zero-order chi connectivity index (χ0) is 5.98. The summed E-state index contributed by atoms with van der Waals surface area (Å²) in [5.41, 5.74) is 0. The molecule has 1 aliphatic heterocycles. The molecule has 0 aliphatic carbocycles. The van der Waals surface area contributed by atoms with E-state index < -0.39 is 0 Å². The van der Waals surface area contributed by atoms with E-state index in [9.17, 15) is 0 Å². The molecule has 1 fully saturated rings. The summed E-state index contributed by atoms with van der Waals surface area (Å²) in [6.45, 7) is 3.54. The summed E-state index contributed by atoms with van der Waals surface area (Å²) in [5.74, 6) is 0. The van der Waals surface area contributed by atoms with Crippen LogP contribution in [0.25, 0.3) is 0 Å². The van der Waals surface area contributed by atoms with Crippen molar-refractivity contribution < 1.29 is 0 Å². The van der Waals surface area contributed by atoms with E-state index >= 15 is 0 Å². The average molecular weight is 110 g/mol. The van der Waals surface area contributed by atoms with Crippen LogP contribution in [0.15, 0.2) is 0 Å². The highest BCUT2D eigenvalue weighted by Crippen LogP contribution is 1.95. The quantitative estimate of drug-likeness (QED) is 0.431. The molecular formula is C6H10N2. The molecule has 8 heavy (non-hydrogen) atoms. The van der Waals surface area contributed by atoms with Crippen LogP contribution in [0.3, 0.4) is 0 Å². The first-order chi connectivity index (χ1) is 3.79. The van der Waals surface area contributed by atoms with Crippen molar-refractivity contribution in [3.05, 3.63) is 14.1 Å². The summed E-state index contributed by atoms with van der Waals surface area (Å²) in [6, 6.07) is 0. The predicted octanol–water partition coefficient (Wildman–Crippen LogP) is -0.0588. The lowest BCUT2D eigenvalue weighted by Crippen LogP contribution is -2.40. The number of hydrogen-bond acceptors (Lipinski definition) is 2. The summed E-state index contributed by atoms with van der Waals surface area (Å²) in [4.78, 5) is 3.56. The van der Waals surface area contributed by atoms with Gasteiger partial charge in [-0.2, -0.15) is 0 Å². The first kappa shape index (κ1) is 6.05. The number of rotatable bonds is 0. The van der Waals surface area contributed by atoms with Gasteiger partial charge in [-0.25, -0.2) is 0 Å². The molecule has 0 aromatic rings. The molecule has 2 heteroatoms. The van der Waals surface area contributed by atoms with Crippen molar-refractivity contribution in [3.63, 3.8) is 0 Å². The highest BCUT2D eigenvalue weighted by atomic mass is 15.2. The van der Waals surface area contributed by atoms with Crippen LogP contribution in [-0.4, -0.2) is 36.0 Å². The summed E-state index contributed by atoms with van der Waals surface area (Å²) >= 11 is 0. The van der Waals surface area contributed by atoms with Crippen LogP contribution in [0.5, 0.6) is 0 Å². The standard InChI is InChI=1S/C6H10N2/c1-7-3-5-8(2)6-4-7/h1-2H,3-6H2. The number of piperazine rings is 1. The van der Waals surface area contributed by atoms with Crippen LogP contribution in [0.2, 0.25) is 0 Å². The summed E-state index contributed by atoms with van der Waals surface area (Å²) in [5, 5.41) is 0. The van der Waals surface area contributed by atoms with Gasteiger partial charge in [-0.15, -0.1) is 0 Å². The van der Waals surface area contributed by atoms with Crippen LogP contribution in [0, 0.1) is 14.1 Å². The fraction of sp³-hybridized carbons (Fsp3) is 0.667. The van der Waals surface area contributed by atoms with Crippen LogP contribution < -0.4 is 0 Å². The molecule has 0 amide bonds. The van der Waals surface area contributed by atoms with Crippen molar-refractivity contribution in [1.29, 1.82) is 0 Å². The second kappa shape index (κ2) is 2.46. The Kier molecular flexibility index (Phi) is 1.86. The third-order valence-electron chi connectivity index (χ3n) is 1.35. The van der Waals surface area contributed by atoms with Gasteiger partial charge in [-0.3, -0.25) is 9.80 Å². The summed E-state index contributed by atoms with van der Waals surface area (Å²) in [6.07, 6.45) is 0. The largest absolute Gasteiger partial charge is 0.295 e. The van der Waals surface area contributed by atoms with Gasteiger partial charge in [0.25, 0.3) is 0 Å². The van der Waals surface area contributed by atoms with E-state index in [1.807, 2.05) is 0 Å². The second-order valence-electron chi connectivity index (χ2n) is 2.07. The maximum atomic E-state index is 5.45. The van der Waals surface area contributed by atoms with E-state index in [0.29, 0.717) is 0 Å². The molecule has 0 unspecified atom stereocenters. The molecule has 4 radical (unpaired) electrons. The van der Waals surface area contributed by atoms with Gasteiger partial charge in [-0.1, -0.05) is 0 Å². The minimum Gasteiger partial charge on any atom is -0.295 e. The third-order valence-corrected chi connectivity index (χ3v) is 1.35. The SMILES string of the molecule is [CH]N1CCN([CH])CC1. The molecule has 0 aromatic carbocycles. The van der Waals surface area contributed by atoms with Crippen molar-refractivity contribution in [3.8, 4) is 0 Å². The molecule has 0 atom stereocenters. The van der Waals surface area contributed by atoms with Crippen molar-refractivity contribution in [2.75, 3.05) is 26.2 Å². The van der Waals surface area contributed by atoms with Gasteiger partial charge in [0.2, 0.25) is 0 Å². The minimum atomic E-state index is 0.885. The molecular weight excluding hydrogens is 100 g/mol. The Hall–Kier alpha value is -0.0800. The fourth-order valence-corrected chi connectivity index (χ4v) is 0.737. The van der Waals surface area contributed by atoms with E-state index in [-0.39, 0.29) is 0 Å². The van der Waals surface area contributed by atoms with Crippen LogP contribution in [-0.2, 0) is 0 Å². The molecule has 0 spiro atoms. The van der Waals surface area contributed by atoms with E-state index in [0.717, 1.165) is 26.2 Å². The lowest BCUT2D eigenvalue weighted by molar-refractivity contribution is 0.213. The molecule has 44 valence electrons. The molecule has 1 saturated heterocycles. The molecule has 1 heterocycles. The monoisotopic (exact) mass is 110 g/mol. The maximum absolute atomic E-state index is 5.45. The number of hydrogen-bond donors (Lipinski definition) is 0. The van der Waals surface area contributed by atoms with E-state index in [1.54, 1.807) is 9.80 Å². The molecule has 0 aromatic heterocycles. The first-order valence-electron chi connectivity index (χ1n) is 2.78. The predicted molar refractivity (Wildman–Crippen MR) is 31.7 cm³/mol. The minimum absolute atomic E-state index is 0.885. The summed E-state index contributed by atoms with van der Waals surface area (Å²) < 4.78 is 0. The van der Waals surface area contributed by atoms with Crippen molar-refractivity contribution in [2.24, 2.45) is 0 Å². The van der Waals surface area contributed by atoms with Crippen molar-refractivity contribution in [2.45, 2.75) is 0 Å². The average Bonchev–Trinajstić information content (AvgIpc) is 1.77. The van der Waals surface area contributed by atoms with E-state index in [2.05, 4.69) is 0 Å². The molecule has 0 bridgehead atoms. The van der Waals surface area contributed by atoms with Gasteiger partial charge in [0, 0.05) is 40.3 Å². The second-order valence-corrected chi connectivity index (χ2v) is 2.07. The molecule has 0 N–H and O–H groups in total. The molecule has 1 aliphatic rings. The Morgan fingerprint density at radius 1 is 0.750 bits per heavy atom. The normalized spacial score (nSPS) is 26.2. The highest BCUT2D eigenvalue weighted by Gasteiger charge is 2.08.